The highest BCUT2D eigenvalue weighted by atomic mass is 32.2. The van der Waals surface area contributed by atoms with E-state index in [-0.39, 0.29) is 5.91 Å². The number of nitrogens with two attached hydrogens (primary N) is 1. The molecule has 0 heterocycles. The van der Waals surface area contributed by atoms with Crippen LogP contribution in [-0.4, -0.2) is 29.5 Å². The first kappa shape index (κ1) is 13.8. The van der Waals surface area contributed by atoms with Gasteiger partial charge in [-0.05, 0) is 12.8 Å². The van der Waals surface area contributed by atoms with Crippen molar-refractivity contribution in [3.05, 3.63) is 0 Å². The fraction of sp³-hybridized carbons (Fsp3) is 0.917. The molecule has 1 aliphatic rings. The van der Waals surface area contributed by atoms with Crippen LogP contribution < -0.4 is 11.1 Å². The lowest BCUT2D eigenvalue weighted by molar-refractivity contribution is -0.121. The van der Waals surface area contributed by atoms with Gasteiger partial charge in [-0.25, -0.2) is 0 Å². The largest absolute Gasteiger partial charge is 0.353 e. The Kier molecular flexibility index (Phi) is 6.88. The normalized spacial score (nSPS) is 19.4. The molecule has 0 bridgehead atoms. The number of carbonyl (C=O) groups is 1. The molecule has 1 unspecified atom stereocenters. The summed E-state index contributed by atoms with van der Waals surface area (Å²) in [4.78, 5) is 11.6. The van der Waals surface area contributed by atoms with Crippen LogP contribution in [0.25, 0.3) is 0 Å². The Balaban J connectivity index is 2.05. The van der Waals surface area contributed by atoms with Crippen molar-refractivity contribution in [2.45, 2.75) is 56.7 Å². The molecule has 1 saturated carbocycles. The van der Waals surface area contributed by atoms with E-state index in [9.17, 15) is 4.79 Å². The monoisotopic (exact) mass is 244 g/mol. The lowest BCUT2D eigenvalue weighted by atomic mass is 9.95. The maximum Gasteiger partial charge on any atom is 0.221 e. The van der Waals surface area contributed by atoms with Crippen LogP contribution in [0.1, 0.15) is 45.4 Å². The molecular weight excluding hydrogens is 220 g/mol. The van der Waals surface area contributed by atoms with Gasteiger partial charge in [-0.3, -0.25) is 4.79 Å². The van der Waals surface area contributed by atoms with Crippen LogP contribution in [-0.2, 0) is 4.79 Å². The molecule has 3 N–H and O–H groups in total. The molecule has 0 radical (unpaired) electrons. The second-order valence-corrected chi connectivity index (χ2v) is 6.12. The Morgan fingerprint density at radius 2 is 2.12 bits per heavy atom. The van der Waals surface area contributed by atoms with Gasteiger partial charge in [0.25, 0.3) is 0 Å². The van der Waals surface area contributed by atoms with Crippen LogP contribution in [0.3, 0.4) is 0 Å². The van der Waals surface area contributed by atoms with Crippen LogP contribution in [0.5, 0.6) is 0 Å². The van der Waals surface area contributed by atoms with Gasteiger partial charge in [-0.15, -0.1) is 0 Å². The summed E-state index contributed by atoms with van der Waals surface area (Å²) in [7, 11) is 0. The number of hydrogen-bond donors (Lipinski definition) is 2. The maximum absolute atomic E-state index is 11.6. The standard InChI is InChI=1S/C12H24N2OS/c1-10(9-13)16-8-7-12(15)14-11-5-3-2-4-6-11/h10-11H,2-9,13H2,1H3,(H,14,15). The molecule has 0 aromatic heterocycles. The number of rotatable bonds is 6. The first-order valence-electron chi connectivity index (χ1n) is 6.33. The summed E-state index contributed by atoms with van der Waals surface area (Å²) in [6.07, 6.45) is 6.83. The van der Waals surface area contributed by atoms with Gasteiger partial charge in [-0.1, -0.05) is 26.2 Å². The zero-order chi connectivity index (χ0) is 11.8. The van der Waals surface area contributed by atoms with Crippen LogP contribution in [0, 0.1) is 0 Å². The number of amides is 1. The van der Waals surface area contributed by atoms with Crippen molar-refractivity contribution in [3.63, 3.8) is 0 Å². The van der Waals surface area contributed by atoms with E-state index in [1.54, 1.807) is 11.8 Å². The number of carbonyl (C=O) groups excluding carboxylic acids is 1. The minimum Gasteiger partial charge on any atom is -0.353 e. The zero-order valence-corrected chi connectivity index (χ0v) is 11.0. The predicted octanol–water partition coefficient (Wildman–Crippen LogP) is 1.91. The second kappa shape index (κ2) is 7.96. The molecule has 0 saturated heterocycles. The molecule has 1 fully saturated rings. The summed E-state index contributed by atoms with van der Waals surface area (Å²) in [6.45, 7) is 2.79. The Morgan fingerprint density at radius 3 is 2.75 bits per heavy atom. The van der Waals surface area contributed by atoms with E-state index in [0.717, 1.165) is 18.6 Å². The first-order valence-corrected chi connectivity index (χ1v) is 7.38. The lowest BCUT2D eigenvalue weighted by Gasteiger charge is -2.22. The molecule has 1 aliphatic carbocycles. The topological polar surface area (TPSA) is 55.1 Å². The third kappa shape index (κ3) is 5.75. The van der Waals surface area contributed by atoms with Crippen molar-refractivity contribution in [1.82, 2.24) is 5.32 Å². The molecule has 0 spiro atoms. The zero-order valence-electron chi connectivity index (χ0n) is 10.2. The Morgan fingerprint density at radius 1 is 1.44 bits per heavy atom. The van der Waals surface area contributed by atoms with E-state index in [0.29, 0.717) is 24.3 Å². The third-order valence-electron chi connectivity index (χ3n) is 3.03. The minimum atomic E-state index is 0.212. The second-order valence-electron chi connectivity index (χ2n) is 4.57. The molecule has 0 aromatic rings. The van der Waals surface area contributed by atoms with E-state index in [2.05, 4.69) is 12.2 Å². The smallest absolute Gasteiger partial charge is 0.221 e. The maximum atomic E-state index is 11.6. The van der Waals surface area contributed by atoms with Gasteiger partial charge in [0.05, 0.1) is 0 Å². The molecule has 3 nitrogen and oxygen atoms in total. The number of hydrogen-bond acceptors (Lipinski definition) is 3. The third-order valence-corrected chi connectivity index (χ3v) is 4.24. The van der Waals surface area contributed by atoms with E-state index in [1.165, 1.54) is 19.3 Å². The minimum absolute atomic E-state index is 0.212. The Labute approximate surface area is 103 Å². The van der Waals surface area contributed by atoms with Crippen LogP contribution in [0.4, 0.5) is 0 Å². The molecule has 1 amide bonds. The van der Waals surface area contributed by atoms with Crippen molar-refractivity contribution in [1.29, 1.82) is 0 Å². The molecule has 1 atom stereocenters. The van der Waals surface area contributed by atoms with Crippen LogP contribution >= 0.6 is 11.8 Å². The summed E-state index contributed by atoms with van der Waals surface area (Å²) in [5.41, 5.74) is 5.52. The van der Waals surface area contributed by atoms with Crippen LogP contribution in [0.15, 0.2) is 0 Å². The van der Waals surface area contributed by atoms with Gasteiger partial charge in [0.1, 0.15) is 0 Å². The van der Waals surface area contributed by atoms with E-state index >= 15 is 0 Å². The first-order chi connectivity index (χ1) is 7.72. The highest BCUT2D eigenvalue weighted by Crippen LogP contribution is 2.17. The molecule has 4 heteroatoms. The molecular formula is C12H24N2OS. The Bertz CT molecular complexity index is 205. The quantitative estimate of drug-likeness (QED) is 0.750. The predicted molar refractivity (Wildman–Crippen MR) is 70.6 cm³/mol. The fourth-order valence-electron chi connectivity index (χ4n) is 1.97. The molecule has 16 heavy (non-hydrogen) atoms. The van der Waals surface area contributed by atoms with Crippen molar-refractivity contribution in [3.8, 4) is 0 Å². The van der Waals surface area contributed by atoms with Gasteiger partial charge in [0, 0.05) is 30.0 Å². The van der Waals surface area contributed by atoms with Crippen molar-refractivity contribution < 1.29 is 4.79 Å². The molecule has 0 aliphatic heterocycles. The summed E-state index contributed by atoms with van der Waals surface area (Å²) in [5.74, 6) is 1.10. The van der Waals surface area contributed by atoms with Gasteiger partial charge in [0.2, 0.25) is 5.91 Å². The number of thioether (sulfide) groups is 1. The Hall–Kier alpha value is -0.220. The van der Waals surface area contributed by atoms with Gasteiger partial charge < -0.3 is 11.1 Å². The molecule has 94 valence electrons. The van der Waals surface area contributed by atoms with E-state index in [1.807, 2.05) is 0 Å². The van der Waals surface area contributed by atoms with Crippen LogP contribution in [0.2, 0.25) is 0 Å². The highest BCUT2D eigenvalue weighted by Gasteiger charge is 2.15. The van der Waals surface area contributed by atoms with Crippen molar-refractivity contribution >= 4 is 17.7 Å². The lowest BCUT2D eigenvalue weighted by Crippen LogP contribution is -2.36. The van der Waals surface area contributed by atoms with E-state index < -0.39 is 0 Å². The van der Waals surface area contributed by atoms with Gasteiger partial charge >= 0.3 is 0 Å². The summed E-state index contributed by atoms with van der Waals surface area (Å²) < 4.78 is 0. The molecule has 0 aromatic carbocycles. The van der Waals surface area contributed by atoms with Crippen molar-refractivity contribution in [2.24, 2.45) is 5.73 Å². The van der Waals surface area contributed by atoms with E-state index in [4.69, 9.17) is 5.73 Å². The average molecular weight is 244 g/mol. The van der Waals surface area contributed by atoms with Gasteiger partial charge in [-0.2, -0.15) is 11.8 Å². The SMILES string of the molecule is CC(CN)SCCC(=O)NC1CCCCC1. The summed E-state index contributed by atoms with van der Waals surface area (Å²) in [5, 5.41) is 3.59. The van der Waals surface area contributed by atoms with Crippen molar-refractivity contribution in [2.75, 3.05) is 12.3 Å². The molecule has 1 rings (SSSR count). The van der Waals surface area contributed by atoms with Gasteiger partial charge in [0.15, 0.2) is 0 Å². The highest BCUT2D eigenvalue weighted by molar-refractivity contribution is 7.99. The number of nitrogens with one attached hydrogen (secondary N) is 1. The summed E-state index contributed by atoms with van der Waals surface area (Å²) in [6, 6.07) is 0.443. The average Bonchev–Trinajstić information content (AvgIpc) is 2.30. The summed E-state index contributed by atoms with van der Waals surface area (Å²) >= 11 is 1.78. The fourth-order valence-corrected chi connectivity index (χ4v) is 2.81.